The first-order chi connectivity index (χ1) is 4.95. The maximum absolute atomic E-state index is 3.86. The van der Waals surface area contributed by atoms with Gasteiger partial charge < -0.3 is 4.57 Å². The number of imidazole rings is 1. The summed E-state index contributed by atoms with van der Waals surface area (Å²) in [6, 6.07) is 0. The summed E-state index contributed by atoms with van der Waals surface area (Å²) >= 11 is 0. The molecule has 1 aliphatic carbocycles. The van der Waals surface area contributed by atoms with E-state index in [9.17, 15) is 0 Å². The maximum Gasteiger partial charge on any atom is 0.108 e. The van der Waals surface area contributed by atoms with Crippen LogP contribution in [0, 0.1) is 12.1 Å². The number of hydrogen-bond donors (Lipinski definition) is 0. The van der Waals surface area contributed by atoms with Crippen molar-refractivity contribution in [1.82, 2.24) is 9.55 Å². The van der Waals surface area contributed by atoms with Crippen molar-refractivity contribution < 1.29 is 0 Å². The van der Waals surface area contributed by atoms with Gasteiger partial charge in [-0.25, -0.2) is 4.98 Å². The molecule has 1 aromatic rings. The Morgan fingerprint density at radius 3 is 3.10 bits per heavy atom. The topological polar surface area (TPSA) is 17.8 Å². The Hall–Kier alpha value is -0.790. The fourth-order valence-corrected chi connectivity index (χ4v) is 1.11. The SMILES string of the molecule is [c]1cn(CCC2CC2)cn1. The second-order valence-electron chi connectivity index (χ2n) is 2.97. The van der Waals surface area contributed by atoms with Gasteiger partial charge in [-0.2, -0.15) is 0 Å². The maximum atomic E-state index is 3.86. The van der Waals surface area contributed by atoms with Crippen LogP contribution in [0.1, 0.15) is 19.3 Å². The molecule has 1 aliphatic rings. The summed E-state index contributed by atoms with van der Waals surface area (Å²) in [7, 11) is 0. The van der Waals surface area contributed by atoms with Gasteiger partial charge in [0.15, 0.2) is 0 Å². The van der Waals surface area contributed by atoms with Gasteiger partial charge in [0.05, 0.1) is 6.33 Å². The van der Waals surface area contributed by atoms with E-state index < -0.39 is 0 Å². The molecule has 1 aromatic heterocycles. The van der Waals surface area contributed by atoms with Gasteiger partial charge in [0.25, 0.3) is 0 Å². The van der Waals surface area contributed by atoms with Gasteiger partial charge in [0.2, 0.25) is 0 Å². The largest absolute Gasteiger partial charge is 0.337 e. The van der Waals surface area contributed by atoms with Crippen LogP contribution in [-0.2, 0) is 6.54 Å². The molecule has 1 radical (unpaired) electrons. The van der Waals surface area contributed by atoms with E-state index in [4.69, 9.17) is 0 Å². The molecule has 0 atom stereocenters. The Labute approximate surface area is 60.9 Å². The zero-order valence-corrected chi connectivity index (χ0v) is 5.95. The molecule has 2 heteroatoms. The molecule has 1 heterocycles. The molecular formula is C8H11N2. The van der Waals surface area contributed by atoms with E-state index in [0.717, 1.165) is 12.5 Å². The third-order valence-electron chi connectivity index (χ3n) is 2.00. The predicted molar refractivity (Wildman–Crippen MR) is 38.4 cm³/mol. The van der Waals surface area contributed by atoms with E-state index in [0.29, 0.717) is 0 Å². The van der Waals surface area contributed by atoms with Crippen LogP contribution in [0.3, 0.4) is 0 Å². The minimum atomic E-state index is 1.02. The summed E-state index contributed by atoms with van der Waals surface area (Å²) in [4.78, 5) is 3.86. The molecule has 2 rings (SSSR count). The molecule has 0 amide bonds. The highest BCUT2D eigenvalue weighted by Gasteiger charge is 2.20. The average Bonchev–Trinajstić information content (AvgIpc) is 2.63. The molecule has 0 N–H and O–H groups in total. The normalized spacial score (nSPS) is 17.6. The van der Waals surface area contributed by atoms with Crippen LogP contribution in [0.15, 0.2) is 12.5 Å². The fraction of sp³-hybridized carbons (Fsp3) is 0.625. The van der Waals surface area contributed by atoms with Gasteiger partial charge in [-0.05, 0) is 12.3 Å². The van der Waals surface area contributed by atoms with Crippen molar-refractivity contribution in [3.05, 3.63) is 18.7 Å². The number of rotatable bonds is 3. The Balaban J connectivity index is 1.79. The van der Waals surface area contributed by atoms with Crippen LogP contribution in [-0.4, -0.2) is 9.55 Å². The number of aromatic nitrogens is 2. The van der Waals surface area contributed by atoms with Crippen LogP contribution < -0.4 is 0 Å². The molecule has 1 saturated carbocycles. The fourth-order valence-electron chi connectivity index (χ4n) is 1.11. The van der Waals surface area contributed by atoms with E-state index in [1.807, 2.05) is 12.5 Å². The quantitative estimate of drug-likeness (QED) is 0.614. The van der Waals surface area contributed by atoms with Gasteiger partial charge in [-0.15, -0.1) is 0 Å². The highest BCUT2D eigenvalue weighted by atomic mass is 15.0. The Morgan fingerprint density at radius 2 is 2.50 bits per heavy atom. The molecule has 2 nitrogen and oxygen atoms in total. The molecule has 0 bridgehead atoms. The van der Waals surface area contributed by atoms with Crippen molar-refractivity contribution in [2.75, 3.05) is 0 Å². The van der Waals surface area contributed by atoms with E-state index >= 15 is 0 Å². The van der Waals surface area contributed by atoms with Crippen molar-refractivity contribution >= 4 is 0 Å². The lowest BCUT2D eigenvalue weighted by atomic mass is 10.3. The first kappa shape index (κ1) is 5.96. The standard InChI is InChI=1S/C8H11N2/c1-2-8(1)3-5-10-6-4-9-7-10/h6-8H,1-3,5H2. The minimum Gasteiger partial charge on any atom is -0.337 e. The van der Waals surface area contributed by atoms with Crippen LogP contribution in [0.2, 0.25) is 0 Å². The third kappa shape index (κ3) is 1.38. The lowest BCUT2D eigenvalue weighted by Crippen LogP contribution is -1.94. The first-order valence-electron chi connectivity index (χ1n) is 3.83. The Kier molecular flexibility index (Phi) is 1.46. The highest BCUT2D eigenvalue weighted by molar-refractivity contribution is 4.76. The van der Waals surface area contributed by atoms with Crippen LogP contribution in [0.25, 0.3) is 0 Å². The molecule has 10 heavy (non-hydrogen) atoms. The summed E-state index contributed by atoms with van der Waals surface area (Å²) in [6.07, 6.45) is 10.7. The smallest absolute Gasteiger partial charge is 0.108 e. The van der Waals surface area contributed by atoms with Crippen molar-refractivity contribution in [3.63, 3.8) is 0 Å². The average molecular weight is 135 g/mol. The number of aryl methyl sites for hydroxylation is 1. The summed E-state index contributed by atoms with van der Waals surface area (Å²) in [5, 5.41) is 0. The zero-order chi connectivity index (χ0) is 6.81. The van der Waals surface area contributed by atoms with Gasteiger partial charge in [0.1, 0.15) is 6.20 Å². The van der Waals surface area contributed by atoms with Gasteiger partial charge >= 0.3 is 0 Å². The molecule has 0 aliphatic heterocycles. The third-order valence-corrected chi connectivity index (χ3v) is 2.00. The van der Waals surface area contributed by atoms with Gasteiger partial charge in [-0.1, -0.05) is 12.8 Å². The van der Waals surface area contributed by atoms with Crippen molar-refractivity contribution in [2.45, 2.75) is 25.8 Å². The monoisotopic (exact) mass is 135 g/mol. The highest BCUT2D eigenvalue weighted by Crippen LogP contribution is 2.32. The van der Waals surface area contributed by atoms with E-state index in [1.165, 1.54) is 19.3 Å². The van der Waals surface area contributed by atoms with Crippen LogP contribution in [0.4, 0.5) is 0 Å². The molecule has 53 valence electrons. The summed E-state index contributed by atoms with van der Waals surface area (Å²) in [6.45, 7) is 1.13. The lowest BCUT2D eigenvalue weighted by molar-refractivity contribution is 0.596. The van der Waals surface area contributed by atoms with E-state index in [2.05, 4.69) is 15.7 Å². The summed E-state index contributed by atoms with van der Waals surface area (Å²) < 4.78 is 2.10. The molecular weight excluding hydrogens is 124 g/mol. The van der Waals surface area contributed by atoms with Gasteiger partial charge in [0, 0.05) is 12.7 Å². The Bertz CT molecular complexity index is 187. The van der Waals surface area contributed by atoms with Crippen LogP contribution >= 0.6 is 0 Å². The van der Waals surface area contributed by atoms with Crippen molar-refractivity contribution in [2.24, 2.45) is 5.92 Å². The van der Waals surface area contributed by atoms with E-state index in [-0.39, 0.29) is 0 Å². The second-order valence-corrected chi connectivity index (χ2v) is 2.97. The minimum absolute atomic E-state index is 1.02. The lowest BCUT2D eigenvalue weighted by Gasteiger charge is -1.97. The molecule has 0 aromatic carbocycles. The summed E-state index contributed by atoms with van der Waals surface area (Å²) in [5.74, 6) is 1.02. The molecule has 0 saturated heterocycles. The van der Waals surface area contributed by atoms with E-state index in [1.54, 1.807) is 0 Å². The zero-order valence-electron chi connectivity index (χ0n) is 5.95. The van der Waals surface area contributed by atoms with Gasteiger partial charge in [-0.3, -0.25) is 0 Å². The molecule has 0 spiro atoms. The van der Waals surface area contributed by atoms with Crippen molar-refractivity contribution in [1.29, 1.82) is 0 Å². The second kappa shape index (κ2) is 2.45. The number of hydrogen-bond acceptors (Lipinski definition) is 1. The molecule has 1 fully saturated rings. The van der Waals surface area contributed by atoms with Crippen molar-refractivity contribution in [3.8, 4) is 0 Å². The predicted octanol–water partition coefficient (Wildman–Crippen LogP) is 1.48. The Morgan fingerprint density at radius 1 is 1.60 bits per heavy atom. The summed E-state index contributed by atoms with van der Waals surface area (Å²) in [5.41, 5.74) is 0. The van der Waals surface area contributed by atoms with Crippen LogP contribution in [0.5, 0.6) is 0 Å². The first-order valence-corrected chi connectivity index (χ1v) is 3.83. The molecule has 0 unspecified atom stereocenters. The number of nitrogens with zero attached hydrogens (tertiary/aromatic N) is 2.